The van der Waals surface area contributed by atoms with Gasteiger partial charge in [0.1, 0.15) is 17.4 Å². The second-order valence-corrected chi connectivity index (χ2v) is 5.72. The highest BCUT2D eigenvalue weighted by Gasteiger charge is 2.48. The summed E-state index contributed by atoms with van der Waals surface area (Å²) < 4.78 is 10.9. The van der Waals surface area contributed by atoms with Crippen LogP contribution in [0.5, 0.6) is 11.5 Å². The fourth-order valence-corrected chi connectivity index (χ4v) is 3.25. The van der Waals surface area contributed by atoms with E-state index in [0.717, 1.165) is 34.8 Å². The maximum atomic E-state index is 11.0. The fourth-order valence-electron chi connectivity index (χ4n) is 2.49. The number of rotatable bonds is 4. The highest BCUT2D eigenvalue weighted by molar-refractivity contribution is 7.99. The number of ether oxygens (including phenoxy) is 2. The van der Waals surface area contributed by atoms with Crippen LogP contribution >= 0.6 is 11.8 Å². The number of fused-ring (bicyclic) bond motifs is 1. The van der Waals surface area contributed by atoms with Crippen molar-refractivity contribution >= 4 is 17.7 Å². The van der Waals surface area contributed by atoms with Crippen molar-refractivity contribution in [2.75, 3.05) is 13.0 Å². The van der Waals surface area contributed by atoms with Crippen LogP contribution in [-0.4, -0.2) is 24.1 Å². The Bertz CT molecular complexity index is 508. The molecule has 0 unspecified atom stereocenters. The number of carbonyl (C=O) groups is 1. The Hall–Kier alpha value is -1.36. The van der Waals surface area contributed by atoms with Gasteiger partial charge in [-0.05, 0) is 25.0 Å². The van der Waals surface area contributed by atoms with Crippen LogP contribution < -0.4 is 9.47 Å². The number of carboxylic acid groups (broad SMARTS) is 1. The first kappa shape index (κ1) is 11.7. The van der Waals surface area contributed by atoms with Gasteiger partial charge < -0.3 is 14.6 Å². The highest BCUT2D eigenvalue weighted by atomic mass is 32.2. The molecule has 0 amide bonds. The largest absolute Gasteiger partial charge is 0.496 e. The van der Waals surface area contributed by atoms with Gasteiger partial charge in [0.05, 0.1) is 18.4 Å². The molecule has 1 N–H and O–H groups in total. The molecule has 0 aromatic heterocycles. The predicted octanol–water partition coefficient (Wildman–Crippen LogP) is 2.64. The van der Waals surface area contributed by atoms with Crippen molar-refractivity contribution in [3.8, 4) is 11.5 Å². The second-order valence-electron chi connectivity index (χ2n) is 4.76. The molecule has 1 aliphatic heterocycles. The molecule has 1 aliphatic carbocycles. The zero-order valence-electron chi connectivity index (χ0n) is 10.1. The first-order valence-electron chi connectivity index (χ1n) is 5.84. The van der Waals surface area contributed by atoms with Gasteiger partial charge in [-0.15, -0.1) is 0 Å². The van der Waals surface area contributed by atoms with Crippen LogP contribution in [0, 0.1) is 0 Å². The molecule has 18 heavy (non-hydrogen) atoms. The quantitative estimate of drug-likeness (QED) is 0.908. The van der Waals surface area contributed by atoms with E-state index < -0.39 is 5.97 Å². The summed E-state index contributed by atoms with van der Waals surface area (Å²) >= 11 is 1.63. The third kappa shape index (κ3) is 1.82. The van der Waals surface area contributed by atoms with Gasteiger partial charge in [0.2, 0.25) is 0 Å². The second kappa shape index (κ2) is 4.09. The lowest BCUT2D eigenvalue weighted by atomic mass is 9.91. The van der Waals surface area contributed by atoms with Crippen molar-refractivity contribution in [2.45, 2.75) is 29.6 Å². The van der Waals surface area contributed by atoms with E-state index in [2.05, 4.69) is 0 Å². The summed E-state index contributed by atoms with van der Waals surface area (Å²) in [5.41, 5.74) is 0.733. The molecule has 5 heteroatoms. The minimum absolute atomic E-state index is 0.162. The molecule has 1 fully saturated rings. The van der Waals surface area contributed by atoms with E-state index in [1.807, 2.05) is 12.1 Å². The zero-order chi connectivity index (χ0) is 12.8. The predicted molar refractivity (Wildman–Crippen MR) is 67.5 cm³/mol. The average Bonchev–Trinajstić information content (AvgIpc) is 2.96. The maximum absolute atomic E-state index is 11.0. The van der Waals surface area contributed by atoms with Crippen LogP contribution in [0.25, 0.3) is 0 Å². The molecule has 0 spiro atoms. The lowest BCUT2D eigenvalue weighted by Gasteiger charge is -2.18. The van der Waals surface area contributed by atoms with Gasteiger partial charge in [-0.25, -0.2) is 0 Å². The number of carboxylic acids is 1. The Kier molecular flexibility index (Phi) is 2.66. The number of benzene rings is 1. The lowest BCUT2D eigenvalue weighted by Crippen LogP contribution is -2.14. The Balaban J connectivity index is 2.03. The Labute approximate surface area is 109 Å². The first-order valence-corrected chi connectivity index (χ1v) is 6.83. The summed E-state index contributed by atoms with van der Waals surface area (Å²) in [5, 5.41) is 9.03. The summed E-state index contributed by atoms with van der Waals surface area (Å²) in [6, 6.07) is 3.92. The molecule has 1 aromatic carbocycles. The summed E-state index contributed by atoms with van der Waals surface area (Å²) in [5.74, 6) is 1.50. The third-order valence-electron chi connectivity index (χ3n) is 3.61. The smallest absolute Gasteiger partial charge is 0.304 e. The molecule has 1 aromatic rings. The maximum Gasteiger partial charge on any atom is 0.304 e. The molecular formula is C13H14O4S. The van der Waals surface area contributed by atoms with E-state index in [9.17, 15) is 4.79 Å². The summed E-state index contributed by atoms with van der Waals surface area (Å²) in [7, 11) is 1.63. The van der Waals surface area contributed by atoms with Gasteiger partial charge in [0, 0.05) is 11.0 Å². The number of methoxy groups -OCH3 is 1. The van der Waals surface area contributed by atoms with Crippen molar-refractivity contribution in [1.29, 1.82) is 0 Å². The Morgan fingerprint density at radius 3 is 2.94 bits per heavy atom. The van der Waals surface area contributed by atoms with Crippen molar-refractivity contribution in [3.05, 3.63) is 17.7 Å². The number of thioether (sulfide) groups is 1. The Morgan fingerprint density at radius 2 is 2.33 bits per heavy atom. The van der Waals surface area contributed by atoms with Crippen LogP contribution in [-0.2, 0) is 10.2 Å². The molecule has 0 atom stereocenters. The van der Waals surface area contributed by atoms with Crippen molar-refractivity contribution < 1.29 is 19.4 Å². The van der Waals surface area contributed by atoms with E-state index in [0.29, 0.717) is 5.94 Å². The molecule has 2 aliphatic rings. The van der Waals surface area contributed by atoms with Gasteiger partial charge in [-0.2, -0.15) is 0 Å². The Morgan fingerprint density at radius 1 is 1.56 bits per heavy atom. The van der Waals surface area contributed by atoms with Crippen molar-refractivity contribution in [1.82, 2.24) is 0 Å². The van der Waals surface area contributed by atoms with E-state index >= 15 is 0 Å². The molecule has 1 heterocycles. The number of hydrogen-bond acceptors (Lipinski definition) is 4. The lowest BCUT2D eigenvalue weighted by molar-refractivity contribution is -0.137. The number of hydrogen-bond donors (Lipinski definition) is 1. The molecule has 4 nitrogen and oxygen atoms in total. The van der Waals surface area contributed by atoms with Crippen LogP contribution in [0.4, 0.5) is 0 Å². The van der Waals surface area contributed by atoms with Crippen LogP contribution in [0.3, 0.4) is 0 Å². The number of aliphatic carboxylic acids is 1. The average molecular weight is 266 g/mol. The topological polar surface area (TPSA) is 55.8 Å². The van der Waals surface area contributed by atoms with Crippen molar-refractivity contribution in [2.24, 2.45) is 0 Å². The molecule has 3 rings (SSSR count). The molecule has 96 valence electrons. The third-order valence-corrected chi connectivity index (χ3v) is 4.47. The van der Waals surface area contributed by atoms with Gasteiger partial charge in [-0.1, -0.05) is 11.8 Å². The van der Waals surface area contributed by atoms with Crippen molar-refractivity contribution in [3.63, 3.8) is 0 Å². The van der Waals surface area contributed by atoms with Crippen LogP contribution in [0.2, 0.25) is 0 Å². The summed E-state index contributed by atoms with van der Waals surface area (Å²) in [6.45, 7) is 0. The van der Waals surface area contributed by atoms with E-state index in [-0.39, 0.29) is 11.8 Å². The SMILES string of the molecule is COc1cc2c(cc1C1(CC(=O)O)CC1)OCS2. The first-order chi connectivity index (χ1) is 8.64. The van der Waals surface area contributed by atoms with E-state index in [4.69, 9.17) is 14.6 Å². The van der Waals surface area contributed by atoms with Crippen LogP contribution in [0.1, 0.15) is 24.8 Å². The highest BCUT2D eigenvalue weighted by Crippen LogP contribution is 2.56. The van der Waals surface area contributed by atoms with Gasteiger partial charge in [0.15, 0.2) is 0 Å². The zero-order valence-corrected chi connectivity index (χ0v) is 10.9. The standard InChI is InChI=1S/C13H14O4S/c1-16-9-5-11-10(17-7-18-11)4-8(9)13(2-3-13)6-12(14)15/h4-5H,2-3,6-7H2,1H3,(H,14,15). The summed E-state index contributed by atoms with van der Waals surface area (Å²) in [6.07, 6.45) is 1.97. The fraction of sp³-hybridized carbons (Fsp3) is 0.462. The van der Waals surface area contributed by atoms with Crippen LogP contribution in [0.15, 0.2) is 17.0 Å². The molecule has 0 radical (unpaired) electrons. The minimum Gasteiger partial charge on any atom is -0.496 e. The van der Waals surface area contributed by atoms with E-state index in [1.54, 1.807) is 18.9 Å². The van der Waals surface area contributed by atoms with Gasteiger partial charge in [0.25, 0.3) is 0 Å². The molecule has 1 saturated carbocycles. The normalized spacial score (nSPS) is 18.9. The van der Waals surface area contributed by atoms with E-state index in [1.165, 1.54) is 0 Å². The van der Waals surface area contributed by atoms with Gasteiger partial charge >= 0.3 is 5.97 Å². The molecular weight excluding hydrogens is 252 g/mol. The minimum atomic E-state index is -0.759. The molecule has 0 bridgehead atoms. The molecule has 0 saturated heterocycles. The monoisotopic (exact) mass is 266 g/mol. The van der Waals surface area contributed by atoms with Gasteiger partial charge in [-0.3, -0.25) is 4.79 Å². The summed E-state index contributed by atoms with van der Waals surface area (Å²) in [4.78, 5) is 12.1.